The number of methoxy groups -OCH3 is 1. The van der Waals surface area contributed by atoms with Crippen LogP contribution in [0.1, 0.15) is 40.0 Å². The fourth-order valence-electron chi connectivity index (χ4n) is 3.65. The molecule has 0 spiro atoms. The summed E-state index contributed by atoms with van der Waals surface area (Å²) < 4.78 is 32.8. The Morgan fingerprint density at radius 3 is 2.35 bits per heavy atom. The molecule has 2 heterocycles. The number of thiophene rings is 1. The number of esters is 1. The van der Waals surface area contributed by atoms with Gasteiger partial charge < -0.3 is 10.1 Å². The number of hydrogen-bond acceptors (Lipinski definition) is 6. The van der Waals surface area contributed by atoms with Crippen LogP contribution in [-0.2, 0) is 14.8 Å². The Kier molecular flexibility index (Phi) is 6.08. The Morgan fingerprint density at radius 2 is 1.68 bits per heavy atom. The fraction of sp³-hybridized carbons (Fsp3) is 0.273. The van der Waals surface area contributed by atoms with Crippen LogP contribution in [0.15, 0.2) is 53.4 Å². The van der Waals surface area contributed by atoms with Gasteiger partial charge in [-0.1, -0.05) is 24.6 Å². The summed E-state index contributed by atoms with van der Waals surface area (Å²) in [5, 5.41) is 3.87. The van der Waals surface area contributed by atoms with E-state index in [1.807, 2.05) is 18.2 Å². The van der Waals surface area contributed by atoms with E-state index in [2.05, 4.69) is 5.32 Å². The van der Waals surface area contributed by atoms with Crippen LogP contribution >= 0.6 is 11.3 Å². The second-order valence-electron chi connectivity index (χ2n) is 7.24. The van der Waals surface area contributed by atoms with Crippen LogP contribution in [-0.4, -0.2) is 44.8 Å². The normalized spacial score (nSPS) is 15.0. The highest BCUT2D eigenvalue weighted by Gasteiger charge is 2.26. The lowest BCUT2D eigenvalue weighted by atomic mass is 10.1. The summed E-state index contributed by atoms with van der Waals surface area (Å²) in [5.41, 5.74) is 0.603. The van der Waals surface area contributed by atoms with Crippen molar-refractivity contribution in [2.45, 2.75) is 24.2 Å². The van der Waals surface area contributed by atoms with E-state index in [-0.39, 0.29) is 4.90 Å². The van der Waals surface area contributed by atoms with Gasteiger partial charge in [-0.15, -0.1) is 11.3 Å². The maximum atomic E-state index is 12.8. The first-order valence-electron chi connectivity index (χ1n) is 9.93. The van der Waals surface area contributed by atoms with Gasteiger partial charge in [-0.2, -0.15) is 4.31 Å². The lowest BCUT2D eigenvalue weighted by Crippen LogP contribution is -2.35. The molecule has 7 nitrogen and oxygen atoms in total. The largest absolute Gasteiger partial charge is 0.465 e. The third kappa shape index (κ3) is 4.21. The van der Waals surface area contributed by atoms with Gasteiger partial charge in [-0.25, -0.2) is 13.2 Å². The fourth-order valence-corrected chi connectivity index (χ4v) is 6.25. The number of fused-ring (bicyclic) bond motifs is 1. The van der Waals surface area contributed by atoms with E-state index in [4.69, 9.17) is 4.74 Å². The monoisotopic (exact) mass is 458 g/mol. The molecular weight excluding hydrogens is 436 g/mol. The van der Waals surface area contributed by atoms with Crippen LogP contribution in [0, 0.1) is 0 Å². The van der Waals surface area contributed by atoms with Crippen molar-refractivity contribution in [3.05, 3.63) is 59.7 Å². The van der Waals surface area contributed by atoms with E-state index in [0.29, 0.717) is 34.6 Å². The summed E-state index contributed by atoms with van der Waals surface area (Å²) in [6.45, 7) is 1.04. The first kappa shape index (κ1) is 21.5. The molecule has 1 aliphatic rings. The molecule has 0 radical (unpaired) electrons. The number of anilines is 1. The van der Waals surface area contributed by atoms with Crippen molar-refractivity contribution < 1.29 is 22.7 Å². The van der Waals surface area contributed by atoms with Gasteiger partial charge in [0.15, 0.2) is 0 Å². The number of nitrogens with zero attached hydrogens (tertiary/aromatic N) is 1. The van der Waals surface area contributed by atoms with Gasteiger partial charge >= 0.3 is 5.97 Å². The molecule has 0 atom stereocenters. The SMILES string of the molecule is COC(=O)c1c(NC(=O)c2ccc(S(=O)(=O)N3CCCCC3)cc2)sc2ccccc12. The average Bonchev–Trinajstić information content (AvgIpc) is 3.17. The van der Waals surface area contributed by atoms with E-state index in [0.717, 1.165) is 24.0 Å². The highest BCUT2D eigenvalue weighted by Crippen LogP contribution is 2.36. The van der Waals surface area contributed by atoms with Crippen molar-refractivity contribution in [3.8, 4) is 0 Å². The number of rotatable bonds is 5. The zero-order chi connectivity index (χ0) is 22.0. The Bertz CT molecular complexity index is 1230. The standard InChI is InChI=1S/C22H22N2O5S2/c1-29-22(26)19-17-7-3-4-8-18(17)30-21(19)23-20(25)15-9-11-16(12-10-15)31(27,28)24-13-5-2-6-14-24/h3-4,7-12H,2,5-6,13-14H2,1H3,(H,23,25). The highest BCUT2D eigenvalue weighted by molar-refractivity contribution is 7.89. The van der Waals surface area contributed by atoms with Crippen molar-refractivity contribution >= 4 is 48.3 Å². The average molecular weight is 459 g/mol. The summed E-state index contributed by atoms with van der Waals surface area (Å²) in [7, 11) is -2.27. The molecule has 2 aromatic carbocycles. The quantitative estimate of drug-likeness (QED) is 0.581. The lowest BCUT2D eigenvalue weighted by Gasteiger charge is -2.25. The maximum Gasteiger partial charge on any atom is 0.341 e. The number of carbonyl (C=O) groups excluding carboxylic acids is 2. The molecule has 4 rings (SSSR count). The van der Waals surface area contributed by atoms with Gasteiger partial charge in [-0.3, -0.25) is 4.79 Å². The molecule has 0 saturated carbocycles. The van der Waals surface area contributed by atoms with Gasteiger partial charge in [0.2, 0.25) is 10.0 Å². The second-order valence-corrected chi connectivity index (χ2v) is 10.2. The minimum Gasteiger partial charge on any atom is -0.465 e. The summed E-state index contributed by atoms with van der Waals surface area (Å²) in [5.74, 6) is -0.964. The van der Waals surface area contributed by atoms with Crippen LogP contribution in [0.3, 0.4) is 0 Å². The topological polar surface area (TPSA) is 92.8 Å². The van der Waals surface area contributed by atoms with Crippen LogP contribution in [0.5, 0.6) is 0 Å². The Labute approximate surface area is 184 Å². The number of ether oxygens (including phenoxy) is 1. The maximum absolute atomic E-state index is 12.8. The molecule has 1 saturated heterocycles. The molecule has 1 N–H and O–H groups in total. The van der Waals surface area contributed by atoms with E-state index in [1.165, 1.54) is 47.0 Å². The van der Waals surface area contributed by atoms with Crippen molar-refractivity contribution in [1.82, 2.24) is 4.31 Å². The molecule has 162 valence electrons. The smallest absolute Gasteiger partial charge is 0.341 e. The van der Waals surface area contributed by atoms with Crippen molar-refractivity contribution in [2.24, 2.45) is 0 Å². The molecule has 1 amide bonds. The summed E-state index contributed by atoms with van der Waals surface area (Å²) in [4.78, 5) is 25.3. The predicted molar refractivity (Wildman–Crippen MR) is 120 cm³/mol. The molecule has 0 unspecified atom stereocenters. The van der Waals surface area contributed by atoms with Gasteiger partial charge in [-0.05, 0) is 43.2 Å². The van der Waals surface area contributed by atoms with E-state index in [9.17, 15) is 18.0 Å². The molecule has 0 bridgehead atoms. The Morgan fingerprint density at radius 1 is 1.00 bits per heavy atom. The number of sulfonamides is 1. The third-order valence-corrected chi connectivity index (χ3v) is 8.28. The van der Waals surface area contributed by atoms with E-state index >= 15 is 0 Å². The number of hydrogen-bond donors (Lipinski definition) is 1. The number of amides is 1. The minimum absolute atomic E-state index is 0.170. The Hall–Kier alpha value is -2.75. The summed E-state index contributed by atoms with van der Waals surface area (Å²) in [6, 6.07) is 13.2. The zero-order valence-electron chi connectivity index (χ0n) is 17.0. The Balaban J connectivity index is 1.58. The van der Waals surface area contributed by atoms with Gasteiger partial charge in [0.05, 0.1) is 12.0 Å². The van der Waals surface area contributed by atoms with Crippen LogP contribution < -0.4 is 5.32 Å². The van der Waals surface area contributed by atoms with E-state index < -0.39 is 21.9 Å². The van der Waals surface area contributed by atoms with Gasteiger partial charge in [0.1, 0.15) is 10.6 Å². The molecule has 1 aliphatic heterocycles. The highest BCUT2D eigenvalue weighted by atomic mass is 32.2. The molecular formula is C22H22N2O5S2. The van der Waals surface area contributed by atoms with Crippen molar-refractivity contribution in [1.29, 1.82) is 0 Å². The number of nitrogens with one attached hydrogen (secondary N) is 1. The van der Waals surface area contributed by atoms with Crippen LogP contribution in [0.4, 0.5) is 5.00 Å². The summed E-state index contributed by atoms with van der Waals surface area (Å²) in [6.07, 6.45) is 2.76. The predicted octanol–water partition coefficient (Wildman–Crippen LogP) is 4.11. The van der Waals surface area contributed by atoms with Gasteiger partial charge in [0, 0.05) is 28.7 Å². The number of piperidine rings is 1. The van der Waals surface area contributed by atoms with Crippen molar-refractivity contribution in [3.63, 3.8) is 0 Å². The molecule has 3 aromatic rings. The van der Waals surface area contributed by atoms with E-state index in [1.54, 1.807) is 6.07 Å². The third-order valence-electron chi connectivity index (χ3n) is 5.28. The molecule has 0 aliphatic carbocycles. The zero-order valence-corrected chi connectivity index (χ0v) is 18.6. The van der Waals surface area contributed by atoms with Crippen molar-refractivity contribution in [2.75, 3.05) is 25.5 Å². The first-order chi connectivity index (χ1) is 14.9. The lowest BCUT2D eigenvalue weighted by molar-refractivity contribution is 0.0604. The molecule has 31 heavy (non-hydrogen) atoms. The second kappa shape index (κ2) is 8.78. The molecule has 1 fully saturated rings. The summed E-state index contributed by atoms with van der Waals surface area (Å²) >= 11 is 1.28. The molecule has 1 aromatic heterocycles. The van der Waals surface area contributed by atoms with Crippen LogP contribution in [0.2, 0.25) is 0 Å². The number of benzene rings is 2. The number of carbonyl (C=O) groups is 2. The molecule has 9 heteroatoms. The van der Waals surface area contributed by atoms with Crippen LogP contribution in [0.25, 0.3) is 10.1 Å². The first-order valence-corrected chi connectivity index (χ1v) is 12.2. The van der Waals surface area contributed by atoms with Gasteiger partial charge in [0.25, 0.3) is 5.91 Å². The minimum atomic E-state index is -3.56.